The molecular formula is C14H17FN2O3S. The molecule has 21 heavy (non-hydrogen) atoms. The summed E-state index contributed by atoms with van der Waals surface area (Å²) >= 11 is 1.27. The molecule has 114 valence electrons. The van der Waals surface area contributed by atoms with Gasteiger partial charge in [-0.3, -0.25) is 0 Å². The zero-order valence-corrected chi connectivity index (χ0v) is 12.9. The van der Waals surface area contributed by atoms with Gasteiger partial charge in [-0.2, -0.15) is 0 Å². The topological polar surface area (TPSA) is 62.7 Å². The second kappa shape index (κ2) is 5.85. The van der Waals surface area contributed by atoms with Crippen LogP contribution in [-0.4, -0.2) is 35.0 Å². The third-order valence-electron chi connectivity index (χ3n) is 2.75. The van der Waals surface area contributed by atoms with Crippen LogP contribution in [0.1, 0.15) is 20.8 Å². The van der Waals surface area contributed by atoms with Crippen molar-refractivity contribution in [3.8, 4) is 5.75 Å². The first-order valence-corrected chi connectivity index (χ1v) is 7.27. The largest absolute Gasteiger partial charge is 0.491 e. The van der Waals surface area contributed by atoms with E-state index in [1.807, 2.05) is 20.8 Å². The van der Waals surface area contributed by atoms with E-state index in [1.54, 1.807) is 18.2 Å². The van der Waals surface area contributed by atoms with Crippen molar-refractivity contribution in [2.75, 3.05) is 18.2 Å². The fourth-order valence-electron chi connectivity index (χ4n) is 1.89. The molecule has 2 rings (SSSR count). The predicted octanol–water partition coefficient (Wildman–Crippen LogP) is 3.93. The minimum absolute atomic E-state index is 0.000406. The van der Waals surface area contributed by atoms with Crippen LogP contribution in [0.4, 0.5) is 14.3 Å². The van der Waals surface area contributed by atoms with Crippen LogP contribution >= 0.6 is 11.3 Å². The van der Waals surface area contributed by atoms with E-state index in [0.29, 0.717) is 16.4 Å². The van der Waals surface area contributed by atoms with E-state index < -0.39 is 18.3 Å². The standard InChI is InChI=1S/C14H17FN2O3S/c1-14(2,3)17(13(18)19)12-16-10-5-4-9(20-7-6-15)8-11(10)21-12/h4-5,8H,6-7H2,1-3H3,(H,18,19). The van der Waals surface area contributed by atoms with E-state index >= 15 is 0 Å². The maximum Gasteiger partial charge on any atom is 0.414 e. The zero-order valence-electron chi connectivity index (χ0n) is 12.1. The van der Waals surface area contributed by atoms with Gasteiger partial charge in [0.15, 0.2) is 5.13 Å². The maximum atomic E-state index is 12.1. The lowest BCUT2D eigenvalue weighted by molar-refractivity contribution is 0.195. The third kappa shape index (κ3) is 3.41. The molecule has 0 radical (unpaired) electrons. The number of amides is 1. The van der Waals surface area contributed by atoms with E-state index in [-0.39, 0.29) is 6.61 Å². The van der Waals surface area contributed by atoms with Crippen LogP contribution in [0, 0.1) is 0 Å². The molecule has 1 heterocycles. The number of halogens is 1. The summed E-state index contributed by atoms with van der Waals surface area (Å²) in [5.41, 5.74) is 0.103. The Morgan fingerprint density at radius 2 is 2.19 bits per heavy atom. The number of alkyl halides is 1. The van der Waals surface area contributed by atoms with E-state index in [4.69, 9.17) is 4.74 Å². The molecular weight excluding hydrogens is 295 g/mol. The summed E-state index contributed by atoms with van der Waals surface area (Å²) in [5.74, 6) is 0.549. The Labute approximate surface area is 126 Å². The smallest absolute Gasteiger partial charge is 0.414 e. The number of rotatable bonds is 4. The molecule has 5 nitrogen and oxygen atoms in total. The van der Waals surface area contributed by atoms with Crippen molar-refractivity contribution in [2.45, 2.75) is 26.3 Å². The van der Waals surface area contributed by atoms with Gasteiger partial charge in [0.2, 0.25) is 0 Å². The zero-order chi connectivity index (χ0) is 15.6. The van der Waals surface area contributed by atoms with Crippen molar-refractivity contribution >= 4 is 32.8 Å². The summed E-state index contributed by atoms with van der Waals surface area (Å²) in [4.78, 5) is 17.0. The Hall–Kier alpha value is -1.89. The van der Waals surface area contributed by atoms with Crippen LogP contribution in [-0.2, 0) is 0 Å². The molecule has 7 heteroatoms. The summed E-state index contributed by atoms with van der Waals surface area (Å²) in [7, 11) is 0. The van der Waals surface area contributed by atoms with Crippen molar-refractivity contribution in [3.05, 3.63) is 18.2 Å². The van der Waals surface area contributed by atoms with E-state index in [0.717, 1.165) is 4.70 Å². The first kappa shape index (κ1) is 15.5. The third-order valence-corrected chi connectivity index (χ3v) is 3.75. The highest BCUT2D eigenvalue weighted by molar-refractivity contribution is 7.22. The molecule has 1 amide bonds. The summed E-state index contributed by atoms with van der Waals surface area (Å²) in [6.45, 7) is 4.87. The van der Waals surface area contributed by atoms with Crippen molar-refractivity contribution < 1.29 is 19.0 Å². The highest BCUT2D eigenvalue weighted by Crippen LogP contribution is 2.34. The number of hydrogen-bond acceptors (Lipinski definition) is 4. The van der Waals surface area contributed by atoms with Gasteiger partial charge >= 0.3 is 6.09 Å². The second-order valence-electron chi connectivity index (χ2n) is 5.45. The van der Waals surface area contributed by atoms with Gasteiger partial charge in [0.25, 0.3) is 0 Å². The van der Waals surface area contributed by atoms with Gasteiger partial charge in [-0.25, -0.2) is 19.1 Å². The Bertz CT molecular complexity index is 651. The number of fused-ring (bicyclic) bond motifs is 1. The van der Waals surface area contributed by atoms with Crippen LogP contribution in [0.5, 0.6) is 5.75 Å². The minimum atomic E-state index is -1.05. The predicted molar refractivity (Wildman–Crippen MR) is 81.3 cm³/mol. The monoisotopic (exact) mass is 312 g/mol. The number of hydrogen-bond donors (Lipinski definition) is 1. The van der Waals surface area contributed by atoms with Gasteiger partial charge in [0, 0.05) is 5.54 Å². The highest BCUT2D eigenvalue weighted by atomic mass is 32.1. The number of carboxylic acid groups (broad SMARTS) is 1. The normalized spacial score (nSPS) is 11.6. The molecule has 0 saturated heterocycles. The number of aromatic nitrogens is 1. The van der Waals surface area contributed by atoms with Gasteiger partial charge in [-0.1, -0.05) is 11.3 Å². The summed E-state index contributed by atoms with van der Waals surface area (Å²) in [6.07, 6.45) is -1.05. The van der Waals surface area contributed by atoms with Gasteiger partial charge in [-0.15, -0.1) is 0 Å². The van der Waals surface area contributed by atoms with Crippen LogP contribution in [0.25, 0.3) is 10.2 Å². The molecule has 1 aromatic carbocycles. The van der Waals surface area contributed by atoms with Crippen molar-refractivity contribution in [1.82, 2.24) is 4.98 Å². The number of carbonyl (C=O) groups is 1. The first-order valence-electron chi connectivity index (χ1n) is 6.45. The SMILES string of the molecule is CC(C)(C)N(C(=O)O)c1nc2ccc(OCCF)cc2s1. The summed E-state index contributed by atoms with van der Waals surface area (Å²) in [5, 5.41) is 9.79. The highest BCUT2D eigenvalue weighted by Gasteiger charge is 2.30. The van der Waals surface area contributed by atoms with E-state index in [9.17, 15) is 14.3 Å². The molecule has 2 aromatic rings. The number of ether oxygens (including phenoxy) is 1. The quantitative estimate of drug-likeness (QED) is 0.929. The minimum Gasteiger partial charge on any atom is -0.491 e. The molecule has 0 aliphatic carbocycles. The molecule has 0 unspecified atom stereocenters. The van der Waals surface area contributed by atoms with Crippen molar-refractivity contribution in [3.63, 3.8) is 0 Å². The van der Waals surface area contributed by atoms with Crippen molar-refractivity contribution in [1.29, 1.82) is 0 Å². The van der Waals surface area contributed by atoms with Crippen LogP contribution in [0.2, 0.25) is 0 Å². The average molecular weight is 312 g/mol. The fourth-order valence-corrected chi connectivity index (χ4v) is 3.07. The molecule has 0 bridgehead atoms. The van der Waals surface area contributed by atoms with Gasteiger partial charge < -0.3 is 9.84 Å². The van der Waals surface area contributed by atoms with E-state index in [2.05, 4.69) is 4.98 Å². The molecule has 1 N–H and O–H groups in total. The molecule has 0 spiro atoms. The Morgan fingerprint density at radius 3 is 2.76 bits per heavy atom. The van der Waals surface area contributed by atoms with E-state index in [1.165, 1.54) is 16.2 Å². The first-order chi connectivity index (χ1) is 9.82. The van der Waals surface area contributed by atoms with Gasteiger partial charge in [-0.05, 0) is 39.0 Å². The van der Waals surface area contributed by atoms with Crippen LogP contribution in [0.3, 0.4) is 0 Å². The molecule has 1 aromatic heterocycles. The van der Waals surface area contributed by atoms with Crippen LogP contribution < -0.4 is 9.64 Å². The average Bonchev–Trinajstić information content (AvgIpc) is 2.75. The van der Waals surface area contributed by atoms with Crippen LogP contribution in [0.15, 0.2) is 18.2 Å². The van der Waals surface area contributed by atoms with Crippen molar-refractivity contribution in [2.24, 2.45) is 0 Å². The number of thiazole rings is 1. The molecule has 0 saturated carbocycles. The molecule has 0 aliphatic heterocycles. The van der Waals surface area contributed by atoms with Gasteiger partial charge in [0.1, 0.15) is 19.0 Å². The molecule has 0 fully saturated rings. The lowest BCUT2D eigenvalue weighted by atomic mass is 10.1. The number of nitrogens with zero attached hydrogens (tertiary/aromatic N) is 2. The summed E-state index contributed by atoms with van der Waals surface area (Å²) in [6, 6.07) is 5.18. The Morgan fingerprint density at radius 1 is 1.48 bits per heavy atom. The Kier molecular flexibility index (Phi) is 4.32. The number of anilines is 1. The molecule has 0 aliphatic rings. The number of benzene rings is 1. The lowest BCUT2D eigenvalue weighted by Crippen LogP contribution is -2.45. The maximum absolute atomic E-state index is 12.1. The summed E-state index contributed by atoms with van der Waals surface area (Å²) < 4.78 is 18.1. The second-order valence-corrected chi connectivity index (χ2v) is 6.46. The fraction of sp³-hybridized carbons (Fsp3) is 0.429. The Balaban J connectivity index is 2.39. The molecule has 0 atom stereocenters. The van der Waals surface area contributed by atoms with Gasteiger partial charge in [0.05, 0.1) is 10.2 Å². The lowest BCUT2D eigenvalue weighted by Gasteiger charge is -2.30.